The summed E-state index contributed by atoms with van der Waals surface area (Å²) in [6.07, 6.45) is 0.698. The predicted molar refractivity (Wildman–Crippen MR) is 139 cm³/mol. The van der Waals surface area contributed by atoms with Crippen molar-refractivity contribution < 1.29 is 9.47 Å². The Labute approximate surface area is 207 Å². The SMILES string of the molecule is COc1ccc(CCn2c(-c3ccc(C)cc3)c(C)n3c4c(=O)n(C)c(=O)n(C)c4nc23)cc1OC. The molecule has 0 N–H and O–H groups in total. The number of aryl methyl sites for hydroxylation is 5. The van der Waals surface area contributed by atoms with E-state index in [1.165, 1.54) is 17.2 Å². The zero-order valence-electron chi connectivity index (χ0n) is 21.3. The van der Waals surface area contributed by atoms with Gasteiger partial charge in [0.2, 0.25) is 5.78 Å². The number of hydrogen-bond donors (Lipinski definition) is 0. The van der Waals surface area contributed by atoms with E-state index in [0.717, 1.165) is 27.1 Å². The number of ether oxygens (including phenoxy) is 2. The Bertz CT molecular complexity index is 1740. The fourth-order valence-corrected chi connectivity index (χ4v) is 4.85. The van der Waals surface area contributed by atoms with Crippen molar-refractivity contribution in [3.63, 3.8) is 0 Å². The van der Waals surface area contributed by atoms with E-state index in [2.05, 4.69) is 35.8 Å². The highest BCUT2D eigenvalue weighted by atomic mass is 16.5. The summed E-state index contributed by atoms with van der Waals surface area (Å²) in [5, 5.41) is 0. The third-order valence-electron chi connectivity index (χ3n) is 6.83. The molecule has 2 aromatic carbocycles. The third-order valence-corrected chi connectivity index (χ3v) is 6.83. The molecule has 5 rings (SSSR count). The average molecular weight is 488 g/mol. The molecule has 186 valence electrons. The summed E-state index contributed by atoms with van der Waals surface area (Å²) < 4.78 is 17.4. The first kappa shape index (κ1) is 23.5. The van der Waals surface area contributed by atoms with Gasteiger partial charge in [0.15, 0.2) is 22.7 Å². The van der Waals surface area contributed by atoms with Crippen LogP contribution in [-0.4, -0.2) is 37.3 Å². The molecule has 0 fully saturated rings. The molecule has 9 nitrogen and oxygen atoms in total. The summed E-state index contributed by atoms with van der Waals surface area (Å²) in [5.74, 6) is 1.97. The van der Waals surface area contributed by atoms with Crippen LogP contribution in [0, 0.1) is 13.8 Å². The number of benzene rings is 2. The minimum atomic E-state index is -0.401. The zero-order valence-corrected chi connectivity index (χ0v) is 21.3. The summed E-state index contributed by atoms with van der Waals surface area (Å²) in [6, 6.07) is 14.2. The maximum Gasteiger partial charge on any atom is 0.332 e. The first-order chi connectivity index (χ1) is 17.3. The average Bonchev–Trinajstić information content (AvgIpc) is 3.40. The lowest BCUT2D eigenvalue weighted by Crippen LogP contribution is -2.37. The Morgan fingerprint density at radius 1 is 0.889 bits per heavy atom. The van der Waals surface area contributed by atoms with Gasteiger partial charge in [0.1, 0.15) is 0 Å². The number of hydrogen-bond acceptors (Lipinski definition) is 5. The van der Waals surface area contributed by atoms with Crippen molar-refractivity contribution in [2.75, 3.05) is 14.2 Å². The van der Waals surface area contributed by atoms with Gasteiger partial charge in [-0.25, -0.2) is 4.79 Å². The van der Waals surface area contributed by atoms with Crippen molar-refractivity contribution >= 4 is 16.9 Å². The molecule has 0 unspecified atom stereocenters. The summed E-state index contributed by atoms with van der Waals surface area (Å²) >= 11 is 0. The highest BCUT2D eigenvalue weighted by molar-refractivity contribution is 5.79. The normalized spacial score (nSPS) is 11.5. The molecule has 0 bridgehead atoms. The summed E-state index contributed by atoms with van der Waals surface area (Å²) in [6.45, 7) is 4.64. The van der Waals surface area contributed by atoms with Crippen LogP contribution in [0.1, 0.15) is 16.8 Å². The van der Waals surface area contributed by atoms with Crippen LogP contribution in [0.5, 0.6) is 11.5 Å². The first-order valence-electron chi connectivity index (χ1n) is 11.7. The molecule has 0 aliphatic rings. The molecule has 3 aromatic heterocycles. The molecule has 5 aromatic rings. The van der Waals surface area contributed by atoms with Crippen molar-refractivity contribution in [2.24, 2.45) is 14.1 Å². The van der Waals surface area contributed by atoms with Crippen molar-refractivity contribution in [3.05, 3.63) is 80.1 Å². The van der Waals surface area contributed by atoms with E-state index >= 15 is 0 Å². The Hall–Kier alpha value is -4.27. The standard InChI is InChI=1S/C27H29N5O4/c1-16-7-10-19(11-8-16)22-17(2)32-23-24(29(3)27(34)30(4)25(23)33)28-26(32)31(22)14-13-18-9-12-20(35-5)21(15-18)36-6/h7-12,15H,13-14H2,1-6H3. The molecule has 0 atom stereocenters. The second-order valence-electron chi connectivity index (χ2n) is 9.02. The van der Waals surface area contributed by atoms with E-state index in [1.807, 2.05) is 29.5 Å². The second kappa shape index (κ2) is 8.75. The topological polar surface area (TPSA) is 84.7 Å². The van der Waals surface area contributed by atoms with Gasteiger partial charge in [-0.1, -0.05) is 35.9 Å². The molecule has 0 aliphatic carbocycles. The maximum absolute atomic E-state index is 13.2. The van der Waals surface area contributed by atoms with Crippen molar-refractivity contribution in [1.82, 2.24) is 23.1 Å². The highest BCUT2D eigenvalue weighted by Gasteiger charge is 2.24. The minimum absolute atomic E-state index is 0.365. The van der Waals surface area contributed by atoms with Crippen LogP contribution in [0.2, 0.25) is 0 Å². The molecule has 36 heavy (non-hydrogen) atoms. The molecular weight excluding hydrogens is 458 g/mol. The van der Waals surface area contributed by atoms with E-state index in [-0.39, 0.29) is 5.56 Å². The third kappa shape index (κ3) is 3.50. The predicted octanol–water partition coefficient (Wildman–Crippen LogP) is 3.23. The van der Waals surface area contributed by atoms with E-state index in [1.54, 1.807) is 21.3 Å². The molecule has 0 radical (unpaired) electrons. The lowest BCUT2D eigenvalue weighted by Gasteiger charge is -2.12. The number of fused-ring (bicyclic) bond motifs is 3. The Balaban J connectivity index is 1.74. The van der Waals surface area contributed by atoms with Gasteiger partial charge in [0.05, 0.1) is 19.9 Å². The quantitative estimate of drug-likeness (QED) is 0.367. The van der Waals surface area contributed by atoms with Crippen LogP contribution in [0.3, 0.4) is 0 Å². The fourth-order valence-electron chi connectivity index (χ4n) is 4.85. The Morgan fingerprint density at radius 2 is 1.58 bits per heavy atom. The number of imidazole rings is 2. The van der Waals surface area contributed by atoms with Gasteiger partial charge in [-0.3, -0.25) is 18.3 Å². The van der Waals surface area contributed by atoms with Crippen LogP contribution in [0.25, 0.3) is 28.2 Å². The van der Waals surface area contributed by atoms with Gasteiger partial charge in [-0.05, 0) is 38.0 Å². The van der Waals surface area contributed by atoms with Gasteiger partial charge in [0, 0.05) is 31.9 Å². The van der Waals surface area contributed by atoms with Crippen molar-refractivity contribution in [2.45, 2.75) is 26.8 Å². The van der Waals surface area contributed by atoms with Gasteiger partial charge in [-0.15, -0.1) is 0 Å². The van der Waals surface area contributed by atoms with Gasteiger partial charge < -0.3 is 14.0 Å². The van der Waals surface area contributed by atoms with Crippen LogP contribution >= 0.6 is 0 Å². The fraction of sp³-hybridized carbons (Fsp3) is 0.296. The molecule has 9 heteroatoms. The molecule has 0 spiro atoms. The lowest BCUT2D eigenvalue weighted by molar-refractivity contribution is 0.354. The van der Waals surface area contributed by atoms with E-state index in [9.17, 15) is 9.59 Å². The van der Waals surface area contributed by atoms with Crippen LogP contribution in [-0.2, 0) is 27.1 Å². The molecule has 0 aliphatic heterocycles. The number of rotatable bonds is 6. The molecule has 0 saturated carbocycles. The lowest BCUT2D eigenvalue weighted by atomic mass is 10.1. The van der Waals surface area contributed by atoms with Gasteiger partial charge in [0.25, 0.3) is 5.56 Å². The molecule has 3 heterocycles. The van der Waals surface area contributed by atoms with Gasteiger partial charge >= 0.3 is 5.69 Å². The van der Waals surface area contributed by atoms with E-state index in [4.69, 9.17) is 14.5 Å². The Morgan fingerprint density at radius 3 is 2.25 bits per heavy atom. The second-order valence-corrected chi connectivity index (χ2v) is 9.02. The summed E-state index contributed by atoms with van der Waals surface area (Å²) in [7, 11) is 6.37. The number of methoxy groups -OCH3 is 2. The van der Waals surface area contributed by atoms with E-state index in [0.29, 0.717) is 41.4 Å². The van der Waals surface area contributed by atoms with Crippen molar-refractivity contribution in [3.8, 4) is 22.8 Å². The van der Waals surface area contributed by atoms with Crippen molar-refractivity contribution in [1.29, 1.82) is 0 Å². The smallest absolute Gasteiger partial charge is 0.332 e. The summed E-state index contributed by atoms with van der Waals surface area (Å²) in [5.41, 5.74) is 5.14. The molecule has 0 saturated heterocycles. The molecular formula is C27H29N5O4. The van der Waals surface area contributed by atoms with E-state index < -0.39 is 5.69 Å². The van der Waals surface area contributed by atoms with Crippen LogP contribution in [0.15, 0.2) is 52.1 Å². The molecule has 0 amide bonds. The number of nitrogens with zero attached hydrogens (tertiary/aromatic N) is 5. The highest BCUT2D eigenvalue weighted by Crippen LogP contribution is 2.31. The maximum atomic E-state index is 13.2. The van der Waals surface area contributed by atoms with Crippen LogP contribution < -0.4 is 20.7 Å². The largest absolute Gasteiger partial charge is 0.493 e. The first-order valence-corrected chi connectivity index (χ1v) is 11.7. The summed E-state index contributed by atoms with van der Waals surface area (Å²) in [4.78, 5) is 30.6. The Kier molecular flexibility index (Phi) is 5.70. The monoisotopic (exact) mass is 487 g/mol. The van der Waals surface area contributed by atoms with Gasteiger partial charge in [-0.2, -0.15) is 4.98 Å². The van der Waals surface area contributed by atoms with Crippen LogP contribution in [0.4, 0.5) is 0 Å². The number of aromatic nitrogens is 5. The zero-order chi connectivity index (χ0) is 25.7. The minimum Gasteiger partial charge on any atom is -0.493 e.